The lowest BCUT2D eigenvalue weighted by atomic mass is 10.2. The normalized spacial score (nSPS) is 17.2. The predicted octanol–water partition coefficient (Wildman–Crippen LogP) is 2.35. The van der Waals surface area contributed by atoms with Gasteiger partial charge in [0.15, 0.2) is 0 Å². The number of aromatic nitrogens is 1. The molecule has 7 heteroatoms. The Morgan fingerprint density at radius 3 is 2.85 bits per heavy atom. The average Bonchev–Trinajstić information content (AvgIpc) is 3.15. The predicted molar refractivity (Wildman–Crippen MR) is 108 cm³/mol. The summed E-state index contributed by atoms with van der Waals surface area (Å²) in [5.41, 5.74) is 1.67. The van der Waals surface area contributed by atoms with Gasteiger partial charge < -0.3 is 15.1 Å². The van der Waals surface area contributed by atoms with Crippen LogP contribution in [0.15, 0.2) is 47.2 Å². The number of aliphatic imine (C=N–C) groups is 1. The number of carbonyl (C=O) groups excluding carboxylic acids is 2. The summed E-state index contributed by atoms with van der Waals surface area (Å²) in [5, 5.41) is 3.21. The van der Waals surface area contributed by atoms with Crippen LogP contribution in [-0.4, -0.2) is 66.0 Å². The Morgan fingerprint density at radius 1 is 1.44 bits per heavy atom. The number of rotatable bonds is 7. The number of anilines is 1. The third kappa shape index (κ3) is 5.77. The van der Waals surface area contributed by atoms with Gasteiger partial charge in [0.05, 0.1) is 11.6 Å². The molecule has 1 aliphatic heterocycles. The highest BCUT2D eigenvalue weighted by molar-refractivity contribution is 5.94. The average molecular weight is 369 g/mol. The number of hydrogen-bond donors (Lipinski definition) is 1. The van der Waals surface area contributed by atoms with E-state index in [0.717, 1.165) is 12.0 Å². The second-order valence-electron chi connectivity index (χ2n) is 6.65. The van der Waals surface area contributed by atoms with Crippen molar-refractivity contribution in [1.82, 2.24) is 14.8 Å². The minimum atomic E-state index is -0.0494. The molecule has 1 saturated heterocycles. The topological polar surface area (TPSA) is 77.9 Å². The van der Waals surface area contributed by atoms with Gasteiger partial charge in [-0.05, 0) is 38.3 Å². The van der Waals surface area contributed by atoms with Crippen LogP contribution >= 0.6 is 0 Å². The fraction of sp³-hybridized carbons (Fsp3) is 0.400. The van der Waals surface area contributed by atoms with Gasteiger partial charge >= 0.3 is 0 Å². The van der Waals surface area contributed by atoms with Crippen LogP contribution < -0.4 is 5.32 Å². The first-order valence-electron chi connectivity index (χ1n) is 8.93. The SMILES string of the molecule is C=N/C=C\C=C(/C)CNc1ccc(C(=O)N2CC[C@H](N(C)C(C)=O)C2)cn1. The highest BCUT2D eigenvalue weighted by Gasteiger charge is 2.30. The minimum Gasteiger partial charge on any atom is -0.366 e. The van der Waals surface area contributed by atoms with E-state index in [1.165, 1.54) is 0 Å². The lowest BCUT2D eigenvalue weighted by molar-refractivity contribution is -0.129. The van der Waals surface area contributed by atoms with E-state index in [-0.39, 0.29) is 17.9 Å². The van der Waals surface area contributed by atoms with Crippen molar-refractivity contribution < 1.29 is 9.59 Å². The van der Waals surface area contributed by atoms with Crippen molar-refractivity contribution in [2.24, 2.45) is 4.99 Å². The zero-order chi connectivity index (χ0) is 19.8. The number of likely N-dealkylation sites (N-methyl/N-ethyl adjacent to an activating group) is 1. The fourth-order valence-electron chi connectivity index (χ4n) is 2.86. The van der Waals surface area contributed by atoms with Gasteiger partial charge in [-0.15, -0.1) is 0 Å². The summed E-state index contributed by atoms with van der Waals surface area (Å²) in [6.45, 7) is 8.79. The Labute approximate surface area is 160 Å². The highest BCUT2D eigenvalue weighted by atomic mass is 16.2. The first-order valence-corrected chi connectivity index (χ1v) is 8.93. The van der Waals surface area contributed by atoms with Crippen LogP contribution in [0.2, 0.25) is 0 Å². The van der Waals surface area contributed by atoms with Crippen LogP contribution in [0.3, 0.4) is 0 Å². The van der Waals surface area contributed by atoms with Crippen molar-refractivity contribution in [2.45, 2.75) is 26.3 Å². The van der Waals surface area contributed by atoms with E-state index in [9.17, 15) is 9.59 Å². The zero-order valence-corrected chi connectivity index (χ0v) is 16.2. The largest absolute Gasteiger partial charge is 0.366 e. The number of hydrogen-bond acceptors (Lipinski definition) is 5. The van der Waals surface area contributed by atoms with Crippen molar-refractivity contribution in [2.75, 3.05) is 32.0 Å². The molecule has 0 unspecified atom stereocenters. The maximum Gasteiger partial charge on any atom is 0.255 e. The highest BCUT2D eigenvalue weighted by Crippen LogP contribution is 2.18. The Bertz CT molecular complexity index is 739. The third-order valence-corrected chi connectivity index (χ3v) is 4.63. The Balaban J connectivity index is 1.90. The van der Waals surface area contributed by atoms with Crippen LogP contribution in [0.1, 0.15) is 30.6 Å². The summed E-state index contributed by atoms with van der Waals surface area (Å²) in [6.07, 6.45) is 7.79. The third-order valence-electron chi connectivity index (χ3n) is 4.63. The summed E-state index contributed by atoms with van der Waals surface area (Å²) in [5.74, 6) is 0.680. The maximum absolute atomic E-state index is 12.6. The van der Waals surface area contributed by atoms with Crippen molar-refractivity contribution in [3.8, 4) is 0 Å². The first kappa shape index (κ1) is 20.4. The Kier molecular flexibility index (Phi) is 7.28. The maximum atomic E-state index is 12.6. The quantitative estimate of drug-likeness (QED) is 0.591. The number of amides is 2. The minimum absolute atomic E-state index is 0.0204. The van der Waals surface area contributed by atoms with Gasteiger partial charge in [-0.2, -0.15) is 0 Å². The second-order valence-corrected chi connectivity index (χ2v) is 6.65. The van der Waals surface area contributed by atoms with E-state index in [1.807, 2.05) is 19.1 Å². The molecular weight excluding hydrogens is 342 g/mol. The van der Waals surface area contributed by atoms with E-state index >= 15 is 0 Å². The molecule has 2 amide bonds. The van der Waals surface area contributed by atoms with Crippen molar-refractivity contribution in [1.29, 1.82) is 0 Å². The molecule has 2 heterocycles. The summed E-state index contributed by atoms with van der Waals surface area (Å²) >= 11 is 0. The van der Waals surface area contributed by atoms with E-state index in [2.05, 4.69) is 22.0 Å². The fourth-order valence-corrected chi connectivity index (χ4v) is 2.86. The van der Waals surface area contributed by atoms with Crippen LogP contribution in [0.25, 0.3) is 0 Å². The van der Waals surface area contributed by atoms with Gasteiger partial charge in [0, 0.05) is 46.0 Å². The monoisotopic (exact) mass is 369 g/mol. The molecule has 2 rings (SSSR count). The molecule has 27 heavy (non-hydrogen) atoms. The summed E-state index contributed by atoms with van der Waals surface area (Å²) in [7, 11) is 1.78. The number of nitrogens with one attached hydrogen (secondary N) is 1. The van der Waals surface area contributed by atoms with E-state index in [4.69, 9.17) is 0 Å². The van der Waals surface area contributed by atoms with E-state index < -0.39 is 0 Å². The van der Waals surface area contributed by atoms with E-state index in [0.29, 0.717) is 31.0 Å². The molecule has 1 aliphatic rings. The van der Waals surface area contributed by atoms with Crippen LogP contribution in [0.4, 0.5) is 5.82 Å². The van der Waals surface area contributed by atoms with Gasteiger partial charge in [-0.25, -0.2) is 4.98 Å². The molecule has 0 bridgehead atoms. The summed E-state index contributed by atoms with van der Waals surface area (Å²) in [4.78, 5) is 35.6. The molecule has 0 aromatic carbocycles. The molecule has 1 aromatic heterocycles. The number of pyridine rings is 1. The molecule has 0 aliphatic carbocycles. The molecule has 0 saturated carbocycles. The number of likely N-dealkylation sites (tertiary alicyclic amines) is 1. The standard InChI is InChI=1S/C20H27N5O2/c1-15(6-5-10-21-3)12-22-19-8-7-17(13-23-19)20(27)25-11-9-18(14-25)24(4)16(2)26/h5-8,10,13,18H,3,9,11-12,14H2,1-2,4H3,(H,22,23)/b10-5-,15-6+/t18-/m0/s1. The van der Waals surface area contributed by atoms with Gasteiger partial charge in [0.25, 0.3) is 5.91 Å². The van der Waals surface area contributed by atoms with Gasteiger partial charge in [-0.3, -0.25) is 14.6 Å². The first-order chi connectivity index (χ1) is 12.9. The number of nitrogens with zero attached hydrogens (tertiary/aromatic N) is 4. The number of allylic oxidation sites excluding steroid dienone is 2. The van der Waals surface area contributed by atoms with Crippen LogP contribution in [0.5, 0.6) is 0 Å². The molecule has 144 valence electrons. The van der Waals surface area contributed by atoms with Crippen molar-refractivity contribution in [3.63, 3.8) is 0 Å². The van der Waals surface area contributed by atoms with E-state index in [1.54, 1.807) is 48.3 Å². The van der Waals surface area contributed by atoms with Gasteiger partial charge in [0.2, 0.25) is 5.91 Å². The molecule has 1 fully saturated rings. The zero-order valence-electron chi connectivity index (χ0n) is 16.2. The summed E-state index contributed by atoms with van der Waals surface area (Å²) < 4.78 is 0. The molecule has 0 spiro atoms. The van der Waals surface area contributed by atoms with Crippen LogP contribution in [-0.2, 0) is 4.79 Å². The van der Waals surface area contributed by atoms with Gasteiger partial charge in [0.1, 0.15) is 5.82 Å². The lowest BCUT2D eigenvalue weighted by Gasteiger charge is -2.23. The molecule has 7 nitrogen and oxygen atoms in total. The summed E-state index contributed by atoms with van der Waals surface area (Å²) in [6, 6.07) is 3.66. The molecule has 1 atom stereocenters. The molecular formula is C20H27N5O2. The molecule has 1 N–H and O–H groups in total. The Hall–Kier alpha value is -2.96. The van der Waals surface area contributed by atoms with Gasteiger partial charge in [-0.1, -0.05) is 11.6 Å². The van der Waals surface area contributed by atoms with Crippen molar-refractivity contribution >= 4 is 24.3 Å². The second kappa shape index (κ2) is 9.66. The smallest absolute Gasteiger partial charge is 0.255 e. The molecule has 0 radical (unpaired) electrons. The number of carbonyl (C=O) groups is 2. The lowest BCUT2D eigenvalue weighted by Crippen LogP contribution is -2.38. The van der Waals surface area contributed by atoms with Crippen molar-refractivity contribution in [3.05, 3.63) is 47.8 Å². The Morgan fingerprint density at radius 2 is 2.22 bits per heavy atom. The molecule has 1 aromatic rings. The van der Waals surface area contributed by atoms with Crippen LogP contribution in [0, 0.1) is 0 Å².